The second kappa shape index (κ2) is 5.82. The van der Waals surface area contributed by atoms with Crippen molar-refractivity contribution in [3.05, 3.63) is 33.8 Å². The van der Waals surface area contributed by atoms with E-state index in [4.69, 9.17) is 18.0 Å². The van der Waals surface area contributed by atoms with Gasteiger partial charge in [0.05, 0.1) is 4.99 Å². The Morgan fingerprint density at radius 3 is 2.50 bits per heavy atom. The Morgan fingerprint density at radius 2 is 2.00 bits per heavy atom. The highest BCUT2D eigenvalue weighted by Gasteiger charge is 2.34. The molecule has 0 aliphatic carbocycles. The monoisotopic (exact) mass is 354 g/mol. The van der Waals surface area contributed by atoms with Crippen LogP contribution < -0.4 is 5.73 Å². The van der Waals surface area contributed by atoms with Crippen molar-refractivity contribution in [3.8, 4) is 0 Å². The topological polar surface area (TPSA) is 46.3 Å². The van der Waals surface area contributed by atoms with Gasteiger partial charge in [0.2, 0.25) is 0 Å². The van der Waals surface area contributed by atoms with Crippen molar-refractivity contribution >= 4 is 39.0 Å². The first-order chi connectivity index (χ1) is 9.33. The molecule has 1 aromatic carbocycles. The van der Waals surface area contributed by atoms with Gasteiger partial charge in [-0.1, -0.05) is 41.1 Å². The van der Waals surface area contributed by atoms with Gasteiger partial charge >= 0.3 is 0 Å². The van der Waals surface area contributed by atoms with Crippen LogP contribution in [0, 0.1) is 12.3 Å². The Hall–Kier alpha value is -0.940. The van der Waals surface area contributed by atoms with Gasteiger partial charge in [0.15, 0.2) is 0 Å². The lowest BCUT2D eigenvalue weighted by Crippen LogP contribution is -2.46. The summed E-state index contributed by atoms with van der Waals surface area (Å²) in [6.07, 6.45) is 1.67. The summed E-state index contributed by atoms with van der Waals surface area (Å²) >= 11 is 8.60. The number of piperidine rings is 1. The molecule has 0 radical (unpaired) electrons. The normalized spacial score (nSPS) is 17.9. The summed E-state index contributed by atoms with van der Waals surface area (Å²) in [5.41, 5.74) is 7.53. The van der Waals surface area contributed by atoms with E-state index in [0.717, 1.165) is 28.4 Å². The van der Waals surface area contributed by atoms with Crippen LogP contribution in [0.4, 0.5) is 0 Å². The number of amides is 1. The van der Waals surface area contributed by atoms with Crippen LogP contribution in [0.25, 0.3) is 0 Å². The molecule has 1 heterocycles. The van der Waals surface area contributed by atoms with Crippen LogP contribution in [0.1, 0.15) is 35.7 Å². The summed E-state index contributed by atoms with van der Waals surface area (Å²) < 4.78 is 0.966. The fourth-order valence-corrected chi connectivity index (χ4v) is 2.94. The van der Waals surface area contributed by atoms with Gasteiger partial charge in [-0.3, -0.25) is 4.79 Å². The molecule has 1 aliphatic heterocycles. The minimum absolute atomic E-state index is 0.0793. The number of halogens is 1. The van der Waals surface area contributed by atoms with Gasteiger partial charge in [0.25, 0.3) is 5.91 Å². The second-order valence-electron chi connectivity index (χ2n) is 5.68. The van der Waals surface area contributed by atoms with E-state index < -0.39 is 0 Å². The molecule has 0 atom stereocenters. The summed E-state index contributed by atoms with van der Waals surface area (Å²) in [4.78, 5) is 14.9. The van der Waals surface area contributed by atoms with E-state index in [9.17, 15) is 4.79 Å². The molecule has 1 saturated heterocycles. The van der Waals surface area contributed by atoms with Gasteiger partial charge in [0, 0.05) is 28.5 Å². The van der Waals surface area contributed by atoms with Crippen LogP contribution in [-0.4, -0.2) is 28.9 Å². The van der Waals surface area contributed by atoms with Gasteiger partial charge in [-0.2, -0.15) is 0 Å². The van der Waals surface area contributed by atoms with Crippen LogP contribution in [0.2, 0.25) is 0 Å². The maximum atomic E-state index is 12.5. The van der Waals surface area contributed by atoms with Crippen LogP contribution in [0.3, 0.4) is 0 Å². The highest BCUT2D eigenvalue weighted by molar-refractivity contribution is 9.10. The maximum Gasteiger partial charge on any atom is 0.253 e. The van der Waals surface area contributed by atoms with Crippen molar-refractivity contribution in [3.63, 3.8) is 0 Å². The quantitative estimate of drug-likeness (QED) is 0.828. The van der Waals surface area contributed by atoms with E-state index in [0.29, 0.717) is 18.1 Å². The number of aryl methyl sites for hydroxylation is 1. The molecular weight excluding hydrogens is 336 g/mol. The van der Waals surface area contributed by atoms with Gasteiger partial charge in [0.1, 0.15) is 0 Å². The third-order valence-corrected chi connectivity index (χ3v) is 5.51. The van der Waals surface area contributed by atoms with E-state index in [1.807, 2.05) is 30.0 Å². The fourth-order valence-electron chi connectivity index (χ4n) is 2.36. The molecule has 1 aliphatic rings. The summed E-state index contributed by atoms with van der Waals surface area (Å²) in [6.45, 7) is 5.50. The second-order valence-corrected chi connectivity index (χ2v) is 6.98. The first-order valence-electron chi connectivity index (χ1n) is 6.69. The van der Waals surface area contributed by atoms with Crippen LogP contribution >= 0.6 is 28.1 Å². The number of hydrogen-bond donors (Lipinski definition) is 1. The average molecular weight is 355 g/mol. The first kappa shape index (κ1) is 15.4. The van der Waals surface area contributed by atoms with Crippen molar-refractivity contribution < 1.29 is 4.79 Å². The van der Waals surface area contributed by atoms with Gasteiger partial charge in [-0.15, -0.1) is 0 Å². The molecule has 1 amide bonds. The number of thiocarbonyl (C=S) groups is 1. The molecule has 1 aromatic rings. The van der Waals surface area contributed by atoms with Crippen LogP contribution in [0.5, 0.6) is 0 Å². The number of hydrogen-bond acceptors (Lipinski definition) is 2. The Balaban J connectivity index is 2.08. The Morgan fingerprint density at radius 1 is 1.40 bits per heavy atom. The lowest BCUT2D eigenvalue weighted by atomic mass is 9.80. The van der Waals surface area contributed by atoms with Crippen molar-refractivity contribution in [2.75, 3.05) is 13.1 Å². The highest BCUT2D eigenvalue weighted by atomic mass is 79.9. The zero-order chi connectivity index (χ0) is 14.9. The largest absolute Gasteiger partial charge is 0.393 e. The molecule has 2 N–H and O–H groups in total. The van der Waals surface area contributed by atoms with Crippen molar-refractivity contribution in [2.24, 2.45) is 11.1 Å². The first-order valence-corrected chi connectivity index (χ1v) is 7.89. The Kier molecular flexibility index (Phi) is 4.49. The zero-order valence-corrected chi connectivity index (χ0v) is 14.2. The molecule has 3 nitrogen and oxygen atoms in total. The van der Waals surface area contributed by atoms with Gasteiger partial charge < -0.3 is 10.6 Å². The lowest BCUT2D eigenvalue weighted by Gasteiger charge is -2.38. The Bertz CT molecular complexity index is 551. The molecular formula is C15H19BrN2OS. The SMILES string of the molecule is Cc1ccc(C(=O)N2CCC(C)(C(N)=S)CC2)cc1Br. The number of carbonyl (C=O) groups is 1. The number of nitrogens with two attached hydrogens (primary N) is 1. The summed E-state index contributed by atoms with van der Waals surface area (Å²) in [5, 5.41) is 0. The fraction of sp³-hybridized carbons (Fsp3) is 0.467. The van der Waals surface area contributed by atoms with Crippen LogP contribution in [0.15, 0.2) is 22.7 Å². The predicted octanol–water partition coefficient (Wildman–Crippen LogP) is 3.29. The third kappa shape index (κ3) is 3.04. The van der Waals surface area contributed by atoms with Crippen LogP contribution in [-0.2, 0) is 0 Å². The van der Waals surface area contributed by atoms with E-state index >= 15 is 0 Å². The third-order valence-electron chi connectivity index (χ3n) is 4.17. The van der Waals surface area contributed by atoms with E-state index in [2.05, 4.69) is 22.9 Å². The molecule has 20 heavy (non-hydrogen) atoms. The van der Waals surface area contributed by atoms with Crippen molar-refractivity contribution in [1.82, 2.24) is 4.90 Å². The molecule has 1 fully saturated rings. The minimum Gasteiger partial charge on any atom is -0.393 e. The van der Waals surface area contributed by atoms with Gasteiger partial charge in [-0.05, 0) is 37.5 Å². The molecule has 2 rings (SSSR count). The molecule has 0 saturated carbocycles. The molecule has 0 bridgehead atoms. The van der Waals surface area contributed by atoms with Crippen molar-refractivity contribution in [1.29, 1.82) is 0 Å². The number of benzene rings is 1. The summed E-state index contributed by atoms with van der Waals surface area (Å²) in [5.74, 6) is 0.0793. The Labute approximate surface area is 133 Å². The molecule has 0 unspecified atom stereocenters. The molecule has 0 aromatic heterocycles. The molecule has 108 valence electrons. The smallest absolute Gasteiger partial charge is 0.253 e. The number of likely N-dealkylation sites (tertiary alicyclic amines) is 1. The molecule has 0 spiro atoms. The van der Waals surface area contributed by atoms with E-state index in [-0.39, 0.29) is 11.3 Å². The number of carbonyl (C=O) groups excluding carboxylic acids is 1. The lowest BCUT2D eigenvalue weighted by molar-refractivity contribution is 0.0670. The van der Waals surface area contributed by atoms with Crippen molar-refractivity contribution in [2.45, 2.75) is 26.7 Å². The van der Waals surface area contributed by atoms with E-state index in [1.54, 1.807) is 0 Å². The predicted molar refractivity (Wildman–Crippen MR) is 88.9 cm³/mol. The van der Waals surface area contributed by atoms with E-state index in [1.165, 1.54) is 0 Å². The standard InChI is InChI=1S/C15H19BrN2OS/c1-10-3-4-11(9-12(10)16)13(19)18-7-5-15(2,6-8-18)14(17)20/h3-4,9H,5-8H2,1-2H3,(H2,17,20). The number of rotatable bonds is 2. The summed E-state index contributed by atoms with van der Waals surface area (Å²) in [7, 11) is 0. The summed E-state index contributed by atoms with van der Waals surface area (Å²) in [6, 6.07) is 5.73. The average Bonchev–Trinajstić information content (AvgIpc) is 2.42. The number of nitrogens with zero attached hydrogens (tertiary/aromatic N) is 1. The zero-order valence-electron chi connectivity index (χ0n) is 11.8. The minimum atomic E-state index is -0.111. The maximum absolute atomic E-state index is 12.5. The highest BCUT2D eigenvalue weighted by Crippen LogP contribution is 2.32. The van der Waals surface area contributed by atoms with Gasteiger partial charge in [-0.25, -0.2) is 0 Å². The molecule has 5 heteroatoms.